The van der Waals surface area contributed by atoms with E-state index in [9.17, 15) is 8.78 Å². The normalized spacial score (nSPS) is 12.5. The van der Waals surface area contributed by atoms with E-state index >= 15 is 0 Å². The molecule has 0 aromatic carbocycles. The van der Waals surface area contributed by atoms with E-state index in [0.29, 0.717) is 10.3 Å². The summed E-state index contributed by atoms with van der Waals surface area (Å²) in [7, 11) is 0. The van der Waals surface area contributed by atoms with Crippen molar-refractivity contribution in [1.82, 2.24) is 19.9 Å². The summed E-state index contributed by atoms with van der Waals surface area (Å²) in [5.41, 5.74) is 5.89. The molecule has 120 valence electrons. The van der Waals surface area contributed by atoms with Gasteiger partial charge < -0.3 is 11.1 Å². The van der Waals surface area contributed by atoms with Crippen molar-refractivity contribution in [3.8, 4) is 0 Å². The molecule has 0 saturated carbocycles. The zero-order chi connectivity index (χ0) is 16.4. The van der Waals surface area contributed by atoms with E-state index in [-0.39, 0.29) is 34.9 Å². The van der Waals surface area contributed by atoms with Gasteiger partial charge in [0.25, 0.3) is 0 Å². The van der Waals surface area contributed by atoms with Crippen LogP contribution in [-0.4, -0.2) is 26.5 Å². The summed E-state index contributed by atoms with van der Waals surface area (Å²) in [5.74, 6) is -0.154. The zero-order valence-corrected chi connectivity index (χ0v) is 13.2. The van der Waals surface area contributed by atoms with Crippen LogP contribution in [-0.2, 0) is 6.54 Å². The molecule has 0 spiro atoms. The van der Waals surface area contributed by atoms with Gasteiger partial charge in [-0.2, -0.15) is 4.98 Å². The molecule has 3 rings (SSSR count). The highest BCUT2D eigenvalue weighted by molar-refractivity contribution is 7.18. The van der Waals surface area contributed by atoms with Crippen LogP contribution in [0.1, 0.15) is 16.9 Å². The molecule has 3 aromatic rings. The Labute approximate surface area is 138 Å². The predicted molar refractivity (Wildman–Crippen MR) is 84.6 cm³/mol. The molecule has 23 heavy (non-hydrogen) atoms. The van der Waals surface area contributed by atoms with Crippen LogP contribution in [0.25, 0.3) is 10.3 Å². The van der Waals surface area contributed by atoms with E-state index in [0.717, 1.165) is 11.3 Å². The molecule has 3 heterocycles. The first kappa shape index (κ1) is 15.9. The van der Waals surface area contributed by atoms with E-state index in [2.05, 4.69) is 25.3 Å². The lowest BCUT2D eigenvalue weighted by molar-refractivity contribution is 0.352. The molecule has 3 N–H and O–H groups in total. The van der Waals surface area contributed by atoms with Crippen LogP contribution in [0.15, 0.2) is 18.3 Å². The van der Waals surface area contributed by atoms with Gasteiger partial charge in [-0.15, -0.1) is 0 Å². The smallest absolute Gasteiger partial charge is 0.225 e. The summed E-state index contributed by atoms with van der Waals surface area (Å²) in [4.78, 5) is 16.6. The summed E-state index contributed by atoms with van der Waals surface area (Å²) >= 11 is 6.92. The quantitative estimate of drug-likeness (QED) is 0.683. The standard InChI is InChI=1S/C13H11ClF2N6S/c14-13-21-10(19-5-8-6(15)2-1-3-18-8)9-12(22-13)23-11(20-9)7(16)4-17/h1-3,7H,4-5,17H2,(H,19,21,22)/t7-/m1/s1. The molecule has 0 aliphatic rings. The molecule has 0 amide bonds. The lowest BCUT2D eigenvalue weighted by Crippen LogP contribution is -2.08. The van der Waals surface area contributed by atoms with Crippen LogP contribution in [0, 0.1) is 5.82 Å². The fraction of sp³-hybridized carbons (Fsp3) is 0.231. The van der Waals surface area contributed by atoms with Crippen molar-refractivity contribution in [3.63, 3.8) is 0 Å². The molecule has 1 atom stereocenters. The van der Waals surface area contributed by atoms with Crippen molar-refractivity contribution >= 4 is 39.1 Å². The molecule has 0 unspecified atom stereocenters. The first-order valence-electron chi connectivity index (χ1n) is 6.60. The van der Waals surface area contributed by atoms with Gasteiger partial charge in [-0.25, -0.2) is 18.7 Å². The highest BCUT2D eigenvalue weighted by Gasteiger charge is 2.18. The van der Waals surface area contributed by atoms with Crippen molar-refractivity contribution in [1.29, 1.82) is 0 Å². The number of nitrogens with two attached hydrogens (primary N) is 1. The maximum Gasteiger partial charge on any atom is 0.225 e. The Balaban J connectivity index is 1.93. The molecule has 3 aromatic heterocycles. The topological polar surface area (TPSA) is 89.6 Å². The average Bonchev–Trinajstić information content (AvgIpc) is 2.97. The third-order valence-electron chi connectivity index (χ3n) is 2.98. The second-order valence-corrected chi connectivity index (χ2v) is 5.88. The van der Waals surface area contributed by atoms with Crippen LogP contribution in [0.3, 0.4) is 0 Å². The van der Waals surface area contributed by atoms with Crippen LogP contribution < -0.4 is 11.1 Å². The van der Waals surface area contributed by atoms with Gasteiger partial charge in [0.2, 0.25) is 5.28 Å². The lowest BCUT2D eigenvalue weighted by atomic mass is 10.3. The van der Waals surface area contributed by atoms with Crippen LogP contribution in [0.2, 0.25) is 5.28 Å². The van der Waals surface area contributed by atoms with Gasteiger partial charge in [-0.1, -0.05) is 11.3 Å². The number of thiazole rings is 1. The van der Waals surface area contributed by atoms with Gasteiger partial charge in [-0.05, 0) is 23.7 Å². The highest BCUT2D eigenvalue weighted by Crippen LogP contribution is 2.31. The molecular formula is C13H11ClF2N6S. The van der Waals surface area contributed by atoms with Gasteiger partial charge in [0.15, 0.2) is 16.8 Å². The van der Waals surface area contributed by atoms with Gasteiger partial charge >= 0.3 is 0 Å². The SMILES string of the molecule is NC[C@@H](F)c1nc2c(NCc3ncccc3F)nc(Cl)nc2s1. The molecule has 0 aliphatic carbocycles. The fourth-order valence-corrected chi connectivity index (χ4v) is 3.04. The summed E-state index contributed by atoms with van der Waals surface area (Å²) in [5, 5.41) is 3.09. The first-order chi connectivity index (χ1) is 11.1. The average molecular weight is 357 g/mol. The number of nitrogens with one attached hydrogen (secondary N) is 1. The zero-order valence-electron chi connectivity index (χ0n) is 11.6. The Hall–Kier alpha value is -1.97. The molecule has 0 fully saturated rings. The Morgan fingerprint density at radius 1 is 1.35 bits per heavy atom. The van der Waals surface area contributed by atoms with Gasteiger partial charge in [0.05, 0.1) is 12.2 Å². The van der Waals surface area contributed by atoms with Crippen molar-refractivity contribution < 1.29 is 8.78 Å². The minimum absolute atomic E-state index is 0.0140. The van der Waals surface area contributed by atoms with E-state index < -0.39 is 12.0 Å². The largest absolute Gasteiger partial charge is 0.362 e. The molecule has 0 saturated heterocycles. The van der Waals surface area contributed by atoms with Gasteiger partial charge in [0, 0.05) is 12.7 Å². The van der Waals surface area contributed by atoms with E-state index in [1.165, 1.54) is 18.3 Å². The Morgan fingerprint density at radius 2 is 2.17 bits per heavy atom. The van der Waals surface area contributed by atoms with Crippen LogP contribution in [0.4, 0.5) is 14.6 Å². The number of hydrogen-bond acceptors (Lipinski definition) is 7. The van der Waals surface area contributed by atoms with Crippen molar-refractivity contribution in [2.24, 2.45) is 5.73 Å². The monoisotopic (exact) mass is 356 g/mol. The maximum atomic E-state index is 13.7. The van der Waals surface area contributed by atoms with Gasteiger partial charge in [-0.3, -0.25) is 4.98 Å². The van der Waals surface area contributed by atoms with Crippen molar-refractivity contribution in [3.05, 3.63) is 40.1 Å². The third kappa shape index (κ3) is 3.36. The molecule has 0 bridgehead atoms. The van der Waals surface area contributed by atoms with Crippen molar-refractivity contribution in [2.45, 2.75) is 12.7 Å². The first-order valence-corrected chi connectivity index (χ1v) is 7.79. The Morgan fingerprint density at radius 3 is 2.91 bits per heavy atom. The number of nitrogens with zero attached hydrogens (tertiary/aromatic N) is 4. The summed E-state index contributed by atoms with van der Waals surface area (Å²) in [6.45, 7) is -0.0964. The van der Waals surface area contributed by atoms with E-state index in [1.807, 2.05) is 0 Å². The summed E-state index contributed by atoms with van der Waals surface area (Å²) in [6, 6.07) is 2.81. The second kappa shape index (κ2) is 6.65. The van der Waals surface area contributed by atoms with Crippen LogP contribution in [0.5, 0.6) is 0 Å². The maximum absolute atomic E-state index is 13.7. The number of anilines is 1. The number of pyridine rings is 1. The number of hydrogen-bond donors (Lipinski definition) is 2. The number of aromatic nitrogens is 4. The molecular weight excluding hydrogens is 346 g/mol. The Kier molecular flexibility index (Phi) is 4.60. The minimum atomic E-state index is -1.38. The van der Waals surface area contributed by atoms with Gasteiger partial charge in [0.1, 0.15) is 16.3 Å². The van der Waals surface area contributed by atoms with Crippen LogP contribution >= 0.6 is 22.9 Å². The summed E-state index contributed by atoms with van der Waals surface area (Å²) in [6.07, 6.45) is 0.104. The fourth-order valence-electron chi connectivity index (χ4n) is 1.89. The molecule has 10 heteroatoms. The Bertz CT molecular complexity index is 842. The predicted octanol–water partition coefficient (Wildman–Crippen LogP) is 2.86. The summed E-state index contributed by atoms with van der Waals surface area (Å²) < 4.78 is 27.3. The number of rotatable bonds is 5. The third-order valence-corrected chi connectivity index (χ3v) is 4.18. The number of fused-ring (bicyclic) bond motifs is 1. The van der Waals surface area contributed by atoms with E-state index in [1.54, 1.807) is 0 Å². The molecule has 6 nitrogen and oxygen atoms in total. The molecule has 0 aliphatic heterocycles. The highest BCUT2D eigenvalue weighted by atomic mass is 35.5. The minimum Gasteiger partial charge on any atom is -0.362 e. The second-order valence-electron chi connectivity index (χ2n) is 4.54. The number of halogens is 3. The number of alkyl halides is 1. The lowest BCUT2D eigenvalue weighted by Gasteiger charge is -2.06. The molecule has 0 radical (unpaired) electrons. The van der Waals surface area contributed by atoms with E-state index in [4.69, 9.17) is 17.3 Å². The van der Waals surface area contributed by atoms with Crippen molar-refractivity contribution in [2.75, 3.05) is 11.9 Å².